The molecule has 112 valence electrons. The van der Waals surface area contributed by atoms with Crippen molar-refractivity contribution in [2.75, 3.05) is 6.54 Å². The van der Waals surface area contributed by atoms with E-state index in [0.717, 1.165) is 28.6 Å². The minimum atomic E-state index is -0.0379. The lowest BCUT2D eigenvalue weighted by atomic mass is 10.1. The third kappa shape index (κ3) is 2.86. The van der Waals surface area contributed by atoms with Crippen LogP contribution in [-0.2, 0) is 6.42 Å². The van der Waals surface area contributed by atoms with Gasteiger partial charge in [0.1, 0.15) is 0 Å². The molecule has 3 rings (SSSR count). The summed E-state index contributed by atoms with van der Waals surface area (Å²) in [5.74, 6) is -0.0379. The molecule has 0 bridgehead atoms. The maximum Gasteiger partial charge on any atom is 0.251 e. The molecule has 0 aliphatic heterocycles. The van der Waals surface area contributed by atoms with Gasteiger partial charge in [0, 0.05) is 41.1 Å². The third-order valence-corrected chi connectivity index (χ3v) is 3.99. The summed E-state index contributed by atoms with van der Waals surface area (Å²) in [5.41, 5.74) is 5.22. The monoisotopic (exact) mass is 293 g/mol. The van der Waals surface area contributed by atoms with Gasteiger partial charge >= 0.3 is 0 Å². The Kier molecular flexibility index (Phi) is 3.92. The number of hydrogen-bond donors (Lipinski definition) is 2. The fourth-order valence-electron chi connectivity index (χ4n) is 2.57. The standard InChI is InChI=1S/C18H19N3O/c1-12-13(2)21-17-6-5-15(10-16(12)17)18(22)20-9-7-14-4-3-8-19-11-14/h3-6,8,10-11,21H,7,9H2,1-2H3,(H,20,22). The number of nitrogens with one attached hydrogen (secondary N) is 2. The number of nitrogens with zero attached hydrogens (tertiary/aromatic N) is 1. The Bertz CT molecular complexity index is 806. The number of rotatable bonds is 4. The molecule has 22 heavy (non-hydrogen) atoms. The molecule has 0 spiro atoms. The molecule has 4 heteroatoms. The Morgan fingerprint density at radius 2 is 2.14 bits per heavy atom. The highest BCUT2D eigenvalue weighted by Gasteiger charge is 2.09. The predicted molar refractivity (Wildman–Crippen MR) is 88.0 cm³/mol. The van der Waals surface area contributed by atoms with E-state index >= 15 is 0 Å². The van der Waals surface area contributed by atoms with Crippen molar-refractivity contribution in [1.82, 2.24) is 15.3 Å². The number of aromatic amines is 1. The smallest absolute Gasteiger partial charge is 0.251 e. The molecular weight excluding hydrogens is 274 g/mol. The van der Waals surface area contributed by atoms with Gasteiger partial charge in [-0.3, -0.25) is 9.78 Å². The zero-order valence-electron chi connectivity index (χ0n) is 12.8. The molecule has 0 saturated carbocycles. The molecule has 0 fully saturated rings. The van der Waals surface area contributed by atoms with Crippen LogP contribution in [0.15, 0.2) is 42.7 Å². The summed E-state index contributed by atoms with van der Waals surface area (Å²) in [5, 5.41) is 4.07. The van der Waals surface area contributed by atoms with E-state index in [4.69, 9.17) is 0 Å². The van der Waals surface area contributed by atoms with Gasteiger partial charge in [0.25, 0.3) is 5.91 Å². The van der Waals surface area contributed by atoms with Crippen molar-refractivity contribution in [3.63, 3.8) is 0 Å². The van der Waals surface area contributed by atoms with Crippen LogP contribution in [0.4, 0.5) is 0 Å². The minimum Gasteiger partial charge on any atom is -0.358 e. The van der Waals surface area contributed by atoms with Crippen molar-refractivity contribution >= 4 is 16.8 Å². The summed E-state index contributed by atoms with van der Waals surface area (Å²) in [6.45, 7) is 4.72. The van der Waals surface area contributed by atoms with Crippen LogP contribution in [0.1, 0.15) is 27.2 Å². The number of fused-ring (bicyclic) bond motifs is 1. The fraction of sp³-hybridized carbons (Fsp3) is 0.222. The summed E-state index contributed by atoms with van der Waals surface area (Å²) in [7, 11) is 0. The summed E-state index contributed by atoms with van der Waals surface area (Å²) < 4.78 is 0. The fourth-order valence-corrected chi connectivity index (χ4v) is 2.57. The molecule has 0 unspecified atom stereocenters. The highest BCUT2D eigenvalue weighted by atomic mass is 16.1. The quantitative estimate of drug-likeness (QED) is 0.776. The molecule has 0 saturated heterocycles. The van der Waals surface area contributed by atoms with Crippen molar-refractivity contribution in [1.29, 1.82) is 0 Å². The molecule has 1 amide bonds. The first-order valence-electron chi connectivity index (χ1n) is 7.41. The van der Waals surface area contributed by atoms with Gasteiger partial charge in [0.15, 0.2) is 0 Å². The van der Waals surface area contributed by atoms with Crippen LogP contribution in [0, 0.1) is 13.8 Å². The third-order valence-electron chi connectivity index (χ3n) is 3.99. The number of carbonyl (C=O) groups is 1. The number of pyridine rings is 1. The van der Waals surface area contributed by atoms with E-state index in [1.807, 2.05) is 43.5 Å². The zero-order valence-corrected chi connectivity index (χ0v) is 12.8. The summed E-state index contributed by atoms with van der Waals surface area (Å²) in [4.78, 5) is 19.6. The van der Waals surface area contributed by atoms with Crippen LogP contribution in [0.5, 0.6) is 0 Å². The summed E-state index contributed by atoms with van der Waals surface area (Å²) in [6, 6.07) is 9.69. The maximum absolute atomic E-state index is 12.3. The number of hydrogen-bond acceptors (Lipinski definition) is 2. The number of aryl methyl sites for hydroxylation is 2. The molecule has 2 N–H and O–H groups in total. The lowest BCUT2D eigenvalue weighted by Gasteiger charge is -2.05. The van der Waals surface area contributed by atoms with Crippen LogP contribution < -0.4 is 5.32 Å². The van der Waals surface area contributed by atoms with Crippen LogP contribution >= 0.6 is 0 Å². The molecular formula is C18H19N3O. The number of aromatic nitrogens is 2. The first kappa shape index (κ1) is 14.3. The highest BCUT2D eigenvalue weighted by Crippen LogP contribution is 2.22. The Balaban J connectivity index is 1.68. The molecule has 2 heterocycles. The Morgan fingerprint density at radius 3 is 2.91 bits per heavy atom. The highest BCUT2D eigenvalue weighted by molar-refractivity contribution is 5.99. The lowest BCUT2D eigenvalue weighted by Crippen LogP contribution is -2.25. The molecule has 0 aliphatic rings. The normalized spacial score (nSPS) is 10.8. The molecule has 0 atom stereocenters. The Hall–Kier alpha value is -2.62. The van der Waals surface area contributed by atoms with Gasteiger partial charge in [0.05, 0.1) is 0 Å². The van der Waals surface area contributed by atoms with Gasteiger partial charge in [-0.25, -0.2) is 0 Å². The molecule has 2 aromatic heterocycles. The topological polar surface area (TPSA) is 57.8 Å². The second-order valence-electron chi connectivity index (χ2n) is 5.50. The van der Waals surface area contributed by atoms with Crippen molar-refractivity contribution in [3.05, 3.63) is 65.1 Å². The number of H-pyrrole nitrogens is 1. The first-order valence-corrected chi connectivity index (χ1v) is 7.41. The van der Waals surface area contributed by atoms with Gasteiger partial charge in [0.2, 0.25) is 0 Å². The minimum absolute atomic E-state index is 0.0379. The number of amides is 1. The van der Waals surface area contributed by atoms with Crippen LogP contribution in [-0.4, -0.2) is 22.4 Å². The van der Waals surface area contributed by atoms with Crippen LogP contribution in [0.25, 0.3) is 10.9 Å². The van der Waals surface area contributed by atoms with Crippen molar-refractivity contribution < 1.29 is 4.79 Å². The average molecular weight is 293 g/mol. The molecule has 0 radical (unpaired) electrons. The molecule has 1 aromatic carbocycles. The van der Waals surface area contributed by atoms with Crippen LogP contribution in [0.2, 0.25) is 0 Å². The van der Waals surface area contributed by atoms with Crippen molar-refractivity contribution in [2.45, 2.75) is 20.3 Å². The Labute approximate surface area is 129 Å². The number of carbonyl (C=O) groups excluding carboxylic acids is 1. The van der Waals surface area contributed by atoms with E-state index in [2.05, 4.69) is 22.2 Å². The molecule has 4 nitrogen and oxygen atoms in total. The molecule has 3 aromatic rings. The second-order valence-corrected chi connectivity index (χ2v) is 5.50. The van der Waals surface area contributed by atoms with Gasteiger partial charge < -0.3 is 10.3 Å². The van der Waals surface area contributed by atoms with Gasteiger partial charge in [-0.2, -0.15) is 0 Å². The van der Waals surface area contributed by atoms with Crippen molar-refractivity contribution in [2.24, 2.45) is 0 Å². The average Bonchev–Trinajstić information content (AvgIpc) is 2.83. The lowest BCUT2D eigenvalue weighted by molar-refractivity contribution is 0.0954. The van der Waals surface area contributed by atoms with E-state index in [9.17, 15) is 4.79 Å². The van der Waals surface area contributed by atoms with Crippen molar-refractivity contribution in [3.8, 4) is 0 Å². The van der Waals surface area contributed by atoms with E-state index in [1.54, 1.807) is 6.20 Å². The van der Waals surface area contributed by atoms with Crippen LogP contribution in [0.3, 0.4) is 0 Å². The van der Waals surface area contributed by atoms with Gasteiger partial charge in [-0.05, 0) is 55.7 Å². The first-order chi connectivity index (χ1) is 10.6. The zero-order chi connectivity index (χ0) is 15.5. The maximum atomic E-state index is 12.3. The largest absolute Gasteiger partial charge is 0.358 e. The van der Waals surface area contributed by atoms with E-state index in [0.29, 0.717) is 12.1 Å². The number of benzene rings is 1. The van der Waals surface area contributed by atoms with E-state index in [-0.39, 0.29) is 5.91 Å². The van der Waals surface area contributed by atoms with E-state index in [1.165, 1.54) is 5.56 Å². The second kappa shape index (κ2) is 6.02. The van der Waals surface area contributed by atoms with E-state index < -0.39 is 0 Å². The Morgan fingerprint density at radius 1 is 1.27 bits per heavy atom. The predicted octanol–water partition coefficient (Wildman–Crippen LogP) is 3.15. The molecule has 0 aliphatic carbocycles. The summed E-state index contributed by atoms with van der Waals surface area (Å²) >= 11 is 0. The summed E-state index contributed by atoms with van der Waals surface area (Å²) in [6.07, 6.45) is 4.35. The SMILES string of the molecule is Cc1[nH]c2ccc(C(=O)NCCc3cccnc3)cc2c1C. The van der Waals surface area contributed by atoms with Gasteiger partial charge in [-0.1, -0.05) is 6.07 Å². The van der Waals surface area contributed by atoms with Gasteiger partial charge in [-0.15, -0.1) is 0 Å².